The van der Waals surface area contributed by atoms with Crippen molar-refractivity contribution in [2.45, 2.75) is 26.7 Å². The second-order valence-corrected chi connectivity index (χ2v) is 3.57. The summed E-state index contributed by atoms with van der Waals surface area (Å²) >= 11 is 0. The number of nitriles is 1. The van der Waals surface area contributed by atoms with Crippen LogP contribution in [0, 0.1) is 25.2 Å². The molecule has 0 aliphatic carbocycles. The Morgan fingerprint density at radius 2 is 2.13 bits per heavy atom. The lowest BCUT2D eigenvalue weighted by Crippen LogP contribution is -2.05. The van der Waals surface area contributed by atoms with Crippen LogP contribution in [-0.4, -0.2) is 11.1 Å². The third-order valence-corrected chi connectivity index (χ3v) is 2.33. The average Bonchev–Trinajstić information content (AvgIpc) is 2.15. The fourth-order valence-electron chi connectivity index (χ4n) is 1.70. The van der Waals surface area contributed by atoms with Gasteiger partial charge in [0, 0.05) is 6.42 Å². The number of carboxylic acids is 1. The Hall–Kier alpha value is -1.82. The SMILES string of the molecule is Cc1cc(C)c(CCC#N)c(C(=O)O)c1. The van der Waals surface area contributed by atoms with Crippen molar-refractivity contribution in [1.82, 2.24) is 0 Å². The monoisotopic (exact) mass is 203 g/mol. The first-order valence-corrected chi connectivity index (χ1v) is 4.76. The van der Waals surface area contributed by atoms with Crippen LogP contribution in [0.25, 0.3) is 0 Å². The molecule has 3 heteroatoms. The molecule has 15 heavy (non-hydrogen) atoms. The lowest BCUT2D eigenvalue weighted by molar-refractivity contribution is 0.0695. The Balaban J connectivity index is 3.22. The molecule has 78 valence electrons. The smallest absolute Gasteiger partial charge is 0.335 e. The maximum Gasteiger partial charge on any atom is 0.335 e. The van der Waals surface area contributed by atoms with Gasteiger partial charge in [-0.1, -0.05) is 6.07 Å². The largest absolute Gasteiger partial charge is 0.478 e. The Bertz CT molecular complexity index is 430. The number of carboxylic acid groups (broad SMARTS) is 1. The highest BCUT2D eigenvalue weighted by molar-refractivity contribution is 5.90. The summed E-state index contributed by atoms with van der Waals surface area (Å²) in [4.78, 5) is 11.0. The van der Waals surface area contributed by atoms with Crippen molar-refractivity contribution in [2.24, 2.45) is 0 Å². The fraction of sp³-hybridized carbons (Fsp3) is 0.333. The van der Waals surface area contributed by atoms with Gasteiger partial charge in [-0.25, -0.2) is 4.79 Å². The lowest BCUT2D eigenvalue weighted by Gasteiger charge is -2.09. The first-order chi connectivity index (χ1) is 7.06. The van der Waals surface area contributed by atoms with Crippen molar-refractivity contribution in [3.63, 3.8) is 0 Å². The van der Waals surface area contributed by atoms with Gasteiger partial charge in [0.15, 0.2) is 0 Å². The maximum absolute atomic E-state index is 11.0. The number of hydrogen-bond acceptors (Lipinski definition) is 2. The summed E-state index contributed by atoms with van der Waals surface area (Å²) < 4.78 is 0. The standard InChI is InChI=1S/C12H13NO2/c1-8-6-9(2)10(4-3-5-13)11(7-8)12(14)15/h6-7H,3-4H2,1-2H3,(H,14,15). The summed E-state index contributed by atoms with van der Waals surface area (Å²) in [6, 6.07) is 5.63. The number of aromatic carboxylic acids is 1. The molecule has 0 saturated carbocycles. The van der Waals surface area contributed by atoms with E-state index < -0.39 is 5.97 Å². The third kappa shape index (κ3) is 2.57. The second kappa shape index (κ2) is 4.61. The summed E-state index contributed by atoms with van der Waals surface area (Å²) in [7, 11) is 0. The first kappa shape index (κ1) is 11.3. The molecule has 0 radical (unpaired) electrons. The van der Waals surface area contributed by atoms with Crippen LogP contribution >= 0.6 is 0 Å². The van der Waals surface area contributed by atoms with Crippen molar-refractivity contribution < 1.29 is 9.90 Å². The number of aryl methyl sites for hydroxylation is 2. The normalized spacial score (nSPS) is 9.67. The Labute approximate surface area is 89.0 Å². The average molecular weight is 203 g/mol. The van der Waals surface area contributed by atoms with Gasteiger partial charge >= 0.3 is 5.97 Å². The molecule has 0 amide bonds. The van der Waals surface area contributed by atoms with Crippen LogP contribution in [0.3, 0.4) is 0 Å². The molecule has 0 spiro atoms. The topological polar surface area (TPSA) is 61.1 Å². The molecule has 1 aromatic rings. The van der Waals surface area contributed by atoms with Crippen molar-refractivity contribution >= 4 is 5.97 Å². The molecule has 0 aliphatic heterocycles. The van der Waals surface area contributed by atoms with E-state index in [9.17, 15) is 4.79 Å². The van der Waals surface area contributed by atoms with Gasteiger partial charge in [0.25, 0.3) is 0 Å². The van der Waals surface area contributed by atoms with Crippen LogP contribution in [0.2, 0.25) is 0 Å². The molecule has 0 aliphatic rings. The summed E-state index contributed by atoms with van der Waals surface area (Å²) in [6.45, 7) is 3.75. The summed E-state index contributed by atoms with van der Waals surface area (Å²) in [6.07, 6.45) is 0.856. The van der Waals surface area contributed by atoms with E-state index in [1.54, 1.807) is 6.07 Å². The second-order valence-electron chi connectivity index (χ2n) is 3.57. The van der Waals surface area contributed by atoms with Crippen LogP contribution in [0.1, 0.15) is 33.5 Å². The Morgan fingerprint density at radius 3 is 2.67 bits per heavy atom. The minimum atomic E-state index is -0.922. The zero-order valence-electron chi connectivity index (χ0n) is 8.87. The lowest BCUT2D eigenvalue weighted by atomic mass is 9.95. The van der Waals surface area contributed by atoms with Gasteiger partial charge in [0.1, 0.15) is 0 Å². The molecule has 1 N–H and O–H groups in total. The first-order valence-electron chi connectivity index (χ1n) is 4.76. The van der Waals surface area contributed by atoms with Crippen molar-refractivity contribution in [2.75, 3.05) is 0 Å². The minimum Gasteiger partial charge on any atom is -0.478 e. The van der Waals surface area contributed by atoms with E-state index in [1.807, 2.05) is 26.0 Å². The molecular weight excluding hydrogens is 190 g/mol. The van der Waals surface area contributed by atoms with E-state index in [-0.39, 0.29) is 0 Å². The molecular formula is C12H13NO2. The highest BCUT2D eigenvalue weighted by Gasteiger charge is 2.12. The van der Waals surface area contributed by atoms with Crippen molar-refractivity contribution in [1.29, 1.82) is 5.26 Å². The molecule has 1 rings (SSSR count). The fourth-order valence-corrected chi connectivity index (χ4v) is 1.70. The highest BCUT2D eigenvalue weighted by Crippen LogP contribution is 2.18. The van der Waals surface area contributed by atoms with Crippen molar-refractivity contribution in [3.05, 3.63) is 34.4 Å². The van der Waals surface area contributed by atoms with Gasteiger partial charge in [-0.05, 0) is 43.0 Å². The predicted octanol–water partition coefficient (Wildman–Crippen LogP) is 2.46. The molecule has 0 aromatic heterocycles. The minimum absolute atomic E-state index is 0.322. The van der Waals surface area contributed by atoms with Crippen LogP contribution in [-0.2, 0) is 6.42 Å². The number of benzene rings is 1. The van der Waals surface area contributed by atoms with Gasteiger partial charge in [-0.15, -0.1) is 0 Å². The van der Waals surface area contributed by atoms with Crippen LogP contribution in [0.4, 0.5) is 0 Å². The van der Waals surface area contributed by atoms with E-state index in [4.69, 9.17) is 10.4 Å². The summed E-state index contributed by atoms with van der Waals surface area (Å²) in [5, 5.41) is 17.5. The number of carbonyl (C=O) groups is 1. The van der Waals surface area contributed by atoms with E-state index >= 15 is 0 Å². The van der Waals surface area contributed by atoms with Gasteiger partial charge in [0.2, 0.25) is 0 Å². The summed E-state index contributed by atoms with van der Waals surface area (Å²) in [5.41, 5.74) is 2.98. The van der Waals surface area contributed by atoms with Gasteiger partial charge in [-0.2, -0.15) is 5.26 Å². The van der Waals surface area contributed by atoms with Gasteiger partial charge < -0.3 is 5.11 Å². The number of nitrogens with zero attached hydrogens (tertiary/aromatic N) is 1. The highest BCUT2D eigenvalue weighted by atomic mass is 16.4. The molecule has 0 saturated heterocycles. The van der Waals surface area contributed by atoms with Crippen LogP contribution in [0.5, 0.6) is 0 Å². The zero-order chi connectivity index (χ0) is 11.4. The molecule has 0 heterocycles. The van der Waals surface area contributed by atoms with E-state index in [1.165, 1.54) is 0 Å². The van der Waals surface area contributed by atoms with E-state index in [0.717, 1.165) is 16.7 Å². The summed E-state index contributed by atoms with van der Waals surface area (Å²) in [5.74, 6) is -0.922. The quantitative estimate of drug-likeness (QED) is 0.820. The molecule has 0 atom stereocenters. The Kier molecular flexibility index (Phi) is 3.46. The molecule has 0 fully saturated rings. The van der Waals surface area contributed by atoms with Crippen LogP contribution in [0.15, 0.2) is 12.1 Å². The van der Waals surface area contributed by atoms with E-state index in [2.05, 4.69) is 0 Å². The third-order valence-electron chi connectivity index (χ3n) is 2.33. The van der Waals surface area contributed by atoms with Gasteiger partial charge in [0.05, 0.1) is 11.6 Å². The number of rotatable bonds is 3. The molecule has 1 aromatic carbocycles. The maximum atomic E-state index is 11.0. The molecule has 3 nitrogen and oxygen atoms in total. The predicted molar refractivity (Wildman–Crippen MR) is 56.8 cm³/mol. The molecule has 0 unspecified atom stereocenters. The number of hydrogen-bond donors (Lipinski definition) is 1. The van der Waals surface area contributed by atoms with Crippen LogP contribution < -0.4 is 0 Å². The zero-order valence-corrected chi connectivity index (χ0v) is 8.87. The Morgan fingerprint density at radius 1 is 1.47 bits per heavy atom. The van der Waals surface area contributed by atoms with Gasteiger partial charge in [-0.3, -0.25) is 0 Å². The molecule has 0 bridgehead atoms. The van der Waals surface area contributed by atoms with E-state index in [0.29, 0.717) is 18.4 Å². The van der Waals surface area contributed by atoms with Crippen molar-refractivity contribution in [3.8, 4) is 6.07 Å².